The molecule has 0 aliphatic rings. The topological polar surface area (TPSA) is 36.7 Å². The number of hydrogen-bond donors (Lipinski definition) is 0. The number of nitrogens with zero attached hydrogens (tertiary/aromatic N) is 2. The predicted octanol–water partition coefficient (Wildman–Crippen LogP) is 5.31. The highest BCUT2D eigenvalue weighted by Gasteiger charge is 2.36. The zero-order valence-corrected chi connectivity index (χ0v) is 12.4. The van der Waals surface area contributed by atoms with E-state index < -0.39 is 17.3 Å². The number of rotatable bonds is 2. The van der Waals surface area contributed by atoms with E-state index in [-0.39, 0.29) is 11.4 Å². The van der Waals surface area contributed by atoms with E-state index in [1.54, 1.807) is 66.7 Å². The molecule has 0 saturated heterocycles. The molecule has 0 aliphatic carbocycles. The summed E-state index contributed by atoms with van der Waals surface area (Å²) < 4.78 is 40.3. The predicted molar refractivity (Wildman–Crippen MR) is 84.8 cm³/mol. The van der Waals surface area contributed by atoms with Gasteiger partial charge in [-0.15, -0.1) is 0 Å². The molecule has 0 radical (unpaired) electrons. The van der Waals surface area contributed by atoms with Crippen molar-refractivity contribution in [2.24, 2.45) is 0 Å². The summed E-state index contributed by atoms with van der Waals surface area (Å²) in [6.07, 6.45) is -4.64. The molecule has 2 nitrogen and oxygen atoms in total. The Hall–Kier alpha value is -3.13. The van der Waals surface area contributed by atoms with Gasteiger partial charge < -0.3 is 0 Å². The molecule has 24 heavy (non-hydrogen) atoms. The maximum Gasteiger partial charge on any atom is 0.417 e. The third-order valence-corrected chi connectivity index (χ3v) is 3.55. The number of hydrogen-bond acceptors (Lipinski definition) is 2. The van der Waals surface area contributed by atoms with E-state index in [1.807, 2.05) is 0 Å². The smallest absolute Gasteiger partial charge is 0.246 e. The SMILES string of the molecule is N#Cc1c(C(F)(F)F)cc(-c2ccccc2)nc1-c1ccccc1. The maximum atomic E-state index is 13.4. The molecule has 0 bridgehead atoms. The van der Waals surface area contributed by atoms with E-state index in [1.165, 1.54) is 0 Å². The summed E-state index contributed by atoms with van der Waals surface area (Å²) in [5.41, 5.74) is -0.194. The van der Waals surface area contributed by atoms with Crippen LogP contribution in [0.1, 0.15) is 11.1 Å². The minimum Gasteiger partial charge on any atom is -0.246 e. The van der Waals surface area contributed by atoms with Crippen LogP contribution in [0, 0.1) is 11.3 Å². The van der Waals surface area contributed by atoms with Crippen molar-refractivity contribution in [1.29, 1.82) is 5.26 Å². The van der Waals surface area contributed by atoms with Crippen molar-refractivity contribution in [1.82, 2.24) is 4.98 Å². The summed E-state index contributed by atoms with van der Waals surface area (Å²) >= 11 is 0. The first-order valence-electron chi connectivity index (χ1n) is 7.14. The van der Waals surface area contributed by atoms with Gasteiger partial charge in [0, 0.05) is 11.1 Å². The Bertz CT molecular complexity index is 896. The highest BCUT2D eigenvalue weighted by molar-refractivity contribution is 5.73. The lowest BCUT2D eigenvalue weighted by Gasteiger charge is -2.14. The number of pyridine rings is 1. The van der Waals surface area contributed by atoms with E-state index in [0.29, 0.717) is 11.1 Å². The van der Waals surface area contributed by atoms with Gasteiger partial charge in [-0.05, 0) is 6.07 Å². The molecule has 3 aromatic rings. The fourth-order valence-corrected chi connectivity index (χ4v) is 2.44. The minimum absolute atomic E-state index is 0.0341. The number of benzene rings is 2. The van der Waals surface area contributed by atoms with Crippen LogP contribution in [0.3, 0.4) is 0 Å². The fraction of sp³-hybridized carbons (Fsp3) is 0.0526. The van der Waals surface area contributed by atoms with Crippen molar-refractivity contribution in [2.75, 3.05) is 0 Å². The molecule has 2 aromatic carbocycles. The average molecular weight is 324 g/mol. The quantitative estimate of drug-likeness (QED) is 0.641. The van der Waals surface area contributed by atoms with Crippen LogP contribution in [0.25, 0.3) is 22.5 Å². The third-order valence-electron chi connectivity index (χ3n) is 3.55. The van der Waals surface area contributed by atoms with Crippen molar-refractivity contribution in [3.05, 3.63) is 77.9 Å². The van der Waals surface area contributed by atoms with E-state index >= 15 is 0 Å². The van der Waals surface area contributed by atoms with Gasteiger partial charge in [-0.3, -0.25) is 0 Å². The highest BCUT2D eigenvalue weighted by atomic mass is 19.4. The van der Waals surface area contributed by atoms with Crippen LogP contribution in [0.5, 0.6) is 0 Å². The Balaban J connectivity index is 2.34. The van der Waals surface area contributed by atoms with Crippen LogP contribution in [-0.4, -0.2) is 4.98 Å². The molecule has 1 aromatic heterocycles. The summed E-state index contributed by atoms with van der Waals surface area (Å²) in [5.74, 6) is 0. The zero-order valence-electron chi connectivity index (χ0n) is 12.4. The number of alkyl halides is 3. The van der Waals surface area contributed by atoms with Gasteiger partial charge in [-0.1, -0.05) is 60.7 Å². The second kappa shape index (κ2) is 6.17. The van der Waals surface area contributed by atoms with Crippen LogP contribution in [0.4, 0.5) is 13.2 Å². The summed E-state index contributed by atoms with van der Waals surface area (Å²) in [7, 11) is 0. The van der Waals surface area contributed by atoms with Gasteiger partial charge >= 0.3 is 6.18 Å². The molecule has 0 unspecified atom stereocenters. The van der Waals surface area contributed by atoms with E-state index in [0.717, 1.165) is 6.07 Å². The van der Waals surface area contributed by atoms with Crippen molar-refractivity contribution >= 4 is 0 Å². The molecule has 3 rings (SSSR count). The molecule has 0 fully saturated rings. The Morgan fingerprint density at radius 3 is 1.88 bits per heavy atom. The van der Waals surface area contributed by atoms with Crippen molar-refractivity contribution < 1.29 is 13.2 Å². The van der Waals surface area contributed by atoms with E-state index in [9.17, 15) is 18.4 Å². The lowest BCUT2D eigenvalue weighted by atomic mass is 9.98. The highest BCUT2D eigenvalue weighted by Crippen LogP contribution is 2.38. The summed E-state index contributed by atoms with van der Waals surface area (Å²) in [6, 6.07) is 19.6. The van der Waals surface area contributed by atoms with E-state index in [2.05, 4.69) is 4.98 Å². The Morgan fingerprint density at radius 2 is 1.38 bits per heavy atom. The minimum atomic E-state index is -4.64. The molecule has 1 heterocycles. The van der Waals surface area contributed by atoms with Gasteiger partial charge in [0.25, 0.3) is 0 Å². The second-order valence-electron chi connectivity index (χ2n) is 5.12. The molecule has 118 valence electrons. The van der Waals surface area contributed by atoms with Crippen LogP contribution in [-0.2, 0) is 6.18 Å². The second-order valence-corrected chi connectivity index (χ2v) is 5.12. The summed E-state index contributed by atoms with van der Waals surface area (Å²) in [5, 5.41) is 9.30. The van der Waals surface area contributed by atoms with Gasteiger partial charge in [-0.2, -0.15) is 18.4 Å². The number of halogens is 3. The van der Waals surface area contributed by atoms with Gasteiger partial charge in [-0.25, -0.2) is 4.98 Å². The molecule has 0 amide bonds. The normalized spacial score (nSPS) is 11.1. The standard InChI is InChI=1S/C19H11F3N2/c20-19(21,22)16-11-17(13-7-3-1-4-8-13)24-18(15(16)12-23)14-9-5-2-6-10-14/h1-11H. The fourth-order valence-electron chi connectivity index (χ4n) is 2.44. The summed E-state index contributed by atoms with van der Waals surface area (Å²) in [6.45, 7) is 0. The third kappa shape index (κ3) is 2.99. The van der Waals surface area contributed by atoms with Crippen LogP contribution < -0.4 is 0 Å². The molecule has 0 atom stereocenters. The Morgan fingerprint density at radius 1 is 0.833 bits per heavy atom. The Kier molecular flexibility index (Phi) is 4.05. The first-order chi connectivity index (χ1) is 11.5. The first kappa shape index (κ1) is 15.8. The molecule has 0 spiro atoms. The maximum absolute atomic E-state index is 13.4. The lowest BCUT2D eigenvalue weighted by Crippen LogP contribution is -2.10. The lowest BCUT2D eigenvalue weighted by molar-refractivity contribution is -0.137. The van der Waals surface area contributed by atoms with Crippen molar-refractivity contribution in [2.45, 2.75) is 6.18 Å². The van der Waals surface area contributed by atoms with Gasteiger partial charge in [0.05, 0.1) is 22.5 Å². The molecule has 0 saturated carbocycles. The molecule has 0 aliphatic heterocycles. The van der Waals surface area contributed by atoms with Crippen LogP contribution in [0.15, 0.2) is 66.7 Å². The van der Waals surface area contributed by atoms with Gasteiger partial charge in [0.1, 0.15) is 6.07 Å². The van der Waals surface area contributed by atoms with Gasteiger partial charge in [0.2, 0.25) is 0 Å². The van der Waals surface area contributed by atoms with Crippen molar-refractivity contribution in [3.8, 4) is 28.6 Å². The van der Waals surface area contributed by atoms with Crippen LogP contribution in [0.2, 0.25) is 0 Å². The molecule has 5 heteroatoms. The van der Waals surface area contributed by atoms with E-state index in [4.69, 9.17) is 0 Å². The number of nitriles is 1. The van der Waals surface area contributed by atoms with Crippen LogP contribution >= 0.6 is 0 Å². The zero-order chi connectivity index (χ0) is 17.2. The molecular formula is C19H11F3N2. The molecule has 0 N–H and O–H groups in total. The van der Waals surface area contributed by atoms with Crippen molar-refractivity contribution in [3.63, 3.8) is 0 Å². The Labute approximate surface area is 136 Å². The number of aromatic nitrogens is 1. The first-order valence-corrected chi connectivity index (χ1v) is 7.14. The van der Waals surface area contributed by atoms with Gasteiger partial charge in [0.15, 0.2) is 0 Å². The summed E-state index contributed by atoms with van der Waals surface area (Å²) in [4.78, 5) is 4.34. The largest absolute Gasteiger partial charge is 0.417 e. The monoisotopic (exact) mass is 324 g/mol. The molecular weight excluding hydrogens is 313 g/mol. The average Bonchev–Trinajstić information content (AvgIpc) is 2.61.